The van der Waals surface area contributed by atoms with Gasteiger partial charge in [0.1, 0.15) is 12.9 Å². The first kappa shape index (κ1) is 19.0. The van der Waals surface area contributed by atoms with Crippen molar-refractivity contribution in [1.29, 1.82) is 0 Å². The van der Waals surface area contributed by atoms with Gasteiger partial charge >= 0.3 is 5.97 Å². The monoisotopic (exact) mass is 381 g/mol. The molecule has 9 nitrogen and oxygen atoms in total. The quantitative estimate of drug-likeness (QED) is 0.595. The van der Waals surface area contributed by atoms with E-state index in [2.05, 4.69) is 20.3 Å². The van der Waals surface area contributed by atoms with E-state index in [1.54, 1.807) is 41.2 Å². The van der Waals surface area contributed by atoms with Crippen molar-refractivity contribution in [2.45, 2.75) is 19.8 Å². The molecule has 0 unspecified atom stereocenters. The summed E-state index contributed by atoms with van der Waals surface area (Å²) in [6, 6.07) is 6.54. The van der Waals surface area contributed by atoms with Gasteiger partial charge in [-0.2, -0.15) is 4.98 Å². The normalized spacial score (nSPS) is 10.8. The molecule has 144 valence electrons. The molecule has 3 N–H and O–H groups in total. The fraction of sp³-hybridized carbons (Fsp3) is 0.211. The lowest BCUT2D eigenvalue weighted by Crippen LogP contribution is -2.29. The highest BCUT2D eigenvalue weighted by molar-refractivity contribution is 5.96. The molecule has 3 aromatic rings. The first-order chi connectivity index (χ1) is 13.4. The summed E-state index contributed by atoms with van der Waals surface area (Å²) >= 11 is 0. The van der Waals surface area contributed by atoms with E-state index in [1.165, 1.54) is 6.33 Å². The van der Waals surface area contributed by atoms with Gasteiger partial charge in [0.05, 0.1) is 5.69 Å². The van der Waals surface area contributed by atoms with Crippen molar-refractivity contribution in [2.75, 3.05) is 6.54 Å². The molecule has 0 aliphatic rings. The number of aliphatic carboxylic acids is 1. The summed E-state index contributed by atoms with van der Waals surface area (Å²) in [7, 11) is 0. The molecule has 0 fully saturated rings. The van der Waals surface area contributed by atoms with Gasteiger partial charge in [0.25, 0.3) is 5.91 Å². The molecule has 0 atom stereocenters. The number of nitrogens with one attached hydrogen (secondary N) is 1. The molecule has 0 aliphatic carbocycles. The lowest BCUT2D eigenvalue weighted by Gasteiger charge is -2.15. The third-order valence-electron chi connectivity index (χ3n) is 4.05. The van der Waals surface area contributed by atoms with Crippen molar-refractivity contribution in [3.8, 4) is 23.1 Å². The first-order valence-electron chi connectivity index (χ1n) is 8.56. The van der Waals surface area contributed by atoms with Gasteiger partial charge in [0.2, 0.25) is 11.8 Å². The summed E-state index contributed by atoms with van der Waals surface area (Å²) in [5.41, 5.74) is 2.15. The van der Waals surface area contributed by atoms with E-state index in [0.29, 0.717) is 22.4 Å². The molecule has 0 saturated heterocycles. The van der Waals surface area contributed by atoms with Crippen molar-refractivity contribution in [2.24, 2.45) is 0 Å². The Morgan fingerprint density at radius 3 is 2.46 bits per heavy atom. The highest BCUT2D eigenvalue weighted by atomic mass is 16.4. The van der Waals surface area contributed by atoms with Gasteiger partial charge in [-0.25, -0.2) is 9.97 Å². The predicted molar refractivity (Wildman–Crippen MR) is 100 cm³/mol. The van der Waals surface area contributed by atoms with Crippen LogP contribution in [0, 0.1) is 0 Å². The number of carboxylic acid groups (broad SMARTS) is 1. The third-order valence-corrected chi connectivity index (χ3v) is 4.05. The number of carbonyl (C=O) groups excluding carboxylic acids is 1. The summed E-state index contributed by atoms with van der Waals surface area (Å²) < 4.78 is 1.58. The number of hydrogen-bond acceptors (Lipinski definition) is 6. The largest absolute Gasteiger partial charge is 0.493 e. The van der Waals surface area contributed by atoms with Gasteiger partial charge in [-0.1, -0.05) is 26.0 Å². The number of rotatable bonds is 6. The third kappa shape index (κ3) is 3.98. The molecule has 0 saturated carbocycles. The van der Waals surface area contributed by atoms with E-state index in [1.807, 2.05) is 13.8 Å². The second-order valence-corrected chi connectivity index (χ2v) is 6.39. The number of aromatic hydroxyl groups is 1. The van der Waals surface area contributed by atoms with Crippen molar-refractivity contribution in [1.82, 2.24) is 24.8 Å². The molecule has 0 spiro atoms. The van der Waals surface area contributed by atoms with Crippen LogP contribution in [0.1, 0.15) is 35.7 Å². The van der Waals surface area contributed by atoms with Gasteiger partial charge in [-0.3, -0.25) is 14.2 Å². The van der Waals surface area contributed by atoms with Gasteiger partial charge in [0.15, 0.2) is 0 Å². The maximum absolute atomic E-state index is 12.0. The van der Waals surface area contributed by atoms with Crippen molar-refractivity contribution < 1.29 is 19.8 Å². The summed E-state index contributed by atoms with van der Waals surface area (Å²) in [6.45, 7) is 3.39. The Morgan fingerprint density at radius 1 is 1.18 bits per heavy atom. The fourth-order valence-electron chi connectivity index (χ4n) is 2.73. The van der Waals surface area contributed by atoms with Crippen LogP contribution >= 0.6 is 0 Å². The fourth-order valence-corrected chi connectivity index (χ4v) is 2.73. The Balaban J connectivity index is 2.00. The zero-order valence-electron chi connectivity index (χ0n) is 15.3. The summed E-state index contributed by atoms with van der Waals surface area (Å²) in [4.78, 5) is 35.3. The van der Waals surface area contributed by atoms with Crippen LogP contribution in [0.25, 0.3) is 17.2 Å². The minimum absolute atomic E-state index is 0.0367. The number of nitrogens with zero attached hydrogens (tertiary/aromatic N) is 4. The zero-order valence-corrected chi connectivity index (χ0v) is 15.3. The molecule has 1 aromatic carbocycles. The number of carbonyl (C=O) groups is 2. The van der Waals surface area contributed by atoms with Crippen LogP contribution in [0.3, 0.4) is 0 Å². The average molecular weight is 381 g/mol. The van der Waals surface area contributed by atoms with Crippen LogP contribution in [0.5, 0.6) is 5.88 Å². The summed E-state index contributed by atoms with van der Waals surface area (Å²) in [6.07, 6.45) is 4.79. The summed E-state index contributed by atoms with van der Waals surface area (Å²) in [5, 5.41) is 21.4. The van der Waals surface area contributed by atoms with E-state index in [-0.39, 0.29) is 17.7 Å². The Morgan fingerprint density at radius 2 is 1.89 bits per heavy atom. The van der Waals surface area contributed by atoms with E-state index < -0.39 is 18.4 Å². The lowest BCUT2D eigenvalue weighted by atomic mass is 9.97. The minimum Gasteiger partial charge on any atom is -0.493 e. The second kappa shape index (κ2) is 7.87. The molecule has 0 radical (unpaired) electrons. The molecular weight excluding hydrogens is 362 g/mol. The topological polar surface area (TPSA) is 130 Å². The summed E-state index contributed by atoms with van der Waals surface area (Å²) in [5.74, 6) is -1.48. The number of benzene rings is 1. The Bertz CT molecular complexity index is 998. The predicted octanol–water partition coefficient (Wildman–Crippen LogP) is 1.97. The number of carboxylic acids is 1. The maximum Gasteiger partial charge on any atom is 0.322 e. The average Bonchev–Trinajstić information content (AvgIpc) is 3.20. The Kier molecular flexibility index (Phi) is 5.35. The van der Waals surface area contributed by atoms with Gasteiger partial charge < -0.3 is 15.5 Å². The van der Waals surface area contributed by atoms with Crippen molar-refractivity contribution in [3.05, 3.63) is 54.1 Å². The van der Waals surface area contributed by atoms with Crippen LogP contribution in [-0.4, -0.2) is 48.2 Å². The minimum atomic E-state index is -1.12. The van der Waals surface area contributed by atoms with Crippen LogP contribution in [0.15, 0.2) is 43.0 Å². The molecule has 3 rings (SSSR count). The van der Waals surface area contributed by atoms with Crippen LogP contribution < -0.4 is 5.32 Å². The number of hydrogen-bond donors (Lipinski definition) is 3. The molecule has 28 heavy (non-hydrogen) atoms. The van der Waals surface area contributed by atoms with Crippen LogP contribution in [0.4, 0.5) is 0 Å². The number of imidazole rings is 1. The molecule has 2 aromatic heterocycles. The maximum atomic E-state index is 12.0. The Labute approximate surface area is 160 Å². The zero-order chi connectivity index (χ0) is 20.3. The SMILES string of the molecule is CC(C)c1c(O)nc(-n2ccnc2)nc1-c1ccc(C(=O)NCC(=O)O)cc1. The molecule has 1 amide bonds. The van der Waals surface area contributed by atoms with E-state index >= 15 is 0 Å². The van der Waals surface area contributed by atoms with Crippen molar-refractivity contribution >= 4 is 11.9 Å². The molecule has 0 aliphatic heterocycles. The van der Waals surface area contributed by atoms with Crippen LogP contribution in [-0.2, 0) is 4.79 Å². The molecule has 2 heterocycles. The molecule has 0 bridgehead atoms. The number of aromatic nitrogens is 4. The molecule has 9 heteroatoms. The Hall–Kier alpha value is -3.75. The molecular formula is C19H19N5O4. The standard InChI is InChI=1S/C19H19N5O4/c1-11(2)15-16(22-19(23-18(15)28)24-8-7-20-10-24)12-3-5-13(6-4-12)17(27)21-9-14(25)26/h3-8,10-11H,9H2,1-2H3,(H,21,27)(H,25,26)(H,22,23,28). The second-order valence-electron chi connectivity index (χ2n) is 6.39. The van der Waals surface area contributed by atoms with E-state index in [4.69, 9.17) is 5.11 Å². The van der Waals surface area contributed by atoms with Gasteiger partial charge in [-0.15, -0.1) is 0 Å². The smallest absolute Gasteiger partial charge is 0.322 e. The van der Waals surface area contributed by atoms with Gasteiger partial charge in [0, 0.05) is 29.1 Å². The van der Waals surface area contributed by atoms with Gasteiger partial charge in [-0.05, 0) is 18.1 Å². The van der Waals surface area contributed by atoms with Crippen LogP contribution in [0.2, 0.25) is 0 Å². The highest BCUT2D eigenvalue weighted by Gasteiger charge is 2.19. The first-order valence-corrected chi connectivity index (χ1v) is 8.56. The van der Waals surface area contributed by atoms with Crippen molar-refractivity contribution in [3.63, 3.8) is 0 Å². The lowest BCUT2D eigenvalue weighted by molar-refractivity contribution is -0.135. The van der Waals surface area contributed by atoms with E-state index in [9.17, 15) is 14.7 Å². The highest BCUT2D eigenvalue weighted by Crippen LogP contribution is 2.34. The number of amides is 1. The van der Waals surface area contributed by atoms with E-state index in [0.717, 1.165) is 0 Å².